The molecule has 116 valence electrons. The molecule has 0 spiro atoms. The summed E-state index contributed by atoms with van der Waals surface area (Å²) in [6.45, 7) is 2.09. The maximum Gasteiger partial charge on any atom is 0.236 e. The molecule has 0 bridgehead atoms. The number of thioether (sulfide) groups is 1. The van der Waals surface area contributed by atoms with Gasteiger partial charge in [-0.05, 0) is 31.7 Å². The molecule has 21 heavy (non-hydrogen) atoms. The molecule has 1 heterocycles. The first kappa shape index (κ1) is 18.3. The molecule has 1 N–H and O–H groups in total. The molecular formula is C14H19Cl2N3OS. The highest BCUT2D eigenvalue weighted by Gasteiger charge is 2.09. The topological polar surface area (TPSA) is 51.0 Å². The number of halogens is 2. The van der Waals surface area contributed by atoms with Crippen LogP contribution in [0.3, 0.4) is 0 Å². The van der Waals surface area contributed by atoms with E-state index in [4.69, 9.17) is 16.1 Å². The average molecular weight is 348 g/mol. The SMILES string of the molecule is CNC(C)Cc1noc(CSCc2ccc(Cl)cc2)n1.Cl. The van der Waals surface area contributed by atoms with Crippen molar-refractivity contribution in [2.75, 3.05) is 7.05 Å². The second-order valence-corrected chi connectivity index (χ2v) is 6.04. The molecule has 0 saturated carbocycles. The van der Waals surface area contributed by atoms with Crippen molar-refractivity contribution in [3.05, 3.63) is 46.6 Å². The smallest absolute Gasteiger partial charge is 0.236 e. The predicted octanol–water partition coefficient (Wildman–Crippen LogP) is 3.73. The van der Waals surface area contributed by atoms with Gasteiger partial charge in [0.15, 0.2) is 5.82 Å². The van der Waals surface area contributed by atoms with Gasteiger partial charge in [0, 0.05) is 23.2 Å². The van der Waals surface area contributed by atoms with Crippen LogP contribution in [0.4, 0.5) is 0 Å². The lowest BCUT2D eigenvalue weighted by Crippen LogP contribution is -2.24. The summed E-state index contributed by atoms with van der Waals surface area (Å²) in [7, 11) is 1.92. The Hall–Kier alpha value is -0.750. The largest absolute Gasteiger partial charge is 0.338 e. The van der Waals surface area contributed by atoms with E-state index in [1.807, 2.05) is 31.3 Å². The number of rotatable bonds is 7. The maximum absolute atomic E-state index is 5.85. The van der Waals surface area contributed by atoms with Gasteiger partial charge >= 0.3 is 0 Å². The van der Waals surface area contributed by atoms with Gasteiger partial charge in [-0.2, -0.15) is 4.98 Å². The Morgan fingerprint density at radius 3 is 2.67 bits per heavy atom. The Morgan fingerprint density at radius 1 is 1.29 bits per heavy atom. The van der Waals surface area contributed by atoms with Crippen molar-refractivity contribution in [1.29, 1.82) is 0 Å². The fourth-order valence-corrected chi connectivity index (χ4v) is 2.59. The van der Waals surface area contributed by atoms with Crippen LogP contribution in [0.1, 0.15) is 24.2 Å². The van der Waals surface area contributed by atoms with Crippen molar-refractivity contribution < 1.29 is 4.52 Å². The molecule has 1 aromatic heterocycles. The van der Waals surface area contributed by atoms with Crippen LogP contribution in [0.5, 0.6) is 0 Å². The molecule has 1 unspecified atom stereocenters. The zero-order chi connectivity index (χ0) is 14.4. The Kier molecular flexibility index (Phi) is 8.11. The summed E-state index contributed by atoms with van der Waals surface area (Å²) in [6.07, 6.45) is 0.780. The first-order chi connectivity index (χ1) is 9.67. The summed E-state index contributed by atoms with van der Waals surface area (Å²) in [6, 6.07) is 8.22. The van der Waals surface area contributed by atoms with Crippen molar-refractivity contribution >= 4 is 35.8 Å². The number of benzene rings is 1. The molecule has 2 rings (SSSR count). The number of nitrogens with zero attached hydrogens (tertiary/aromatic N) is 2. The first-order valence-electron chi connectivity index (χ1n) is 6.48. The van der Waals surface area contributed by atoms with Gasteiger partial charge in [0.05, 0.1) is 5.75 Å². The van der Waals surface area contributed by atoms with E-state index in [0.717, 1.165) is 28.8 Å². The summed E-state index contributed by atoms with van der Waals surface area (Å²) < 4.78 is 5.24. The fourth-order valence-electron chi connectivity index (χ4n) is 1.64. The maximum atomic E-state index is 5.85. The molecule has 2 aromatic rings. The minimum absolute atomic E-state index is 0. The second kappa shape index (κ2) is 9.30. The Balaban J connectivity index is 0.00000220. The molecule has 1 aromatic carbocycles. The molecule has 7 heteroatoms. The molecule has 0 radical (unpaired) electrons. The lowest BCUT2D eigenvalue weighted by Gasteiger charge is -2.04. The third-order valence-corrected chi connectivity index (χ3v) is 4.14. The van der Waals surface area contributed by atoms with E-state index < -0.39 is 0 Å². The van der Waals surface area contributed by atoms with Crippen LogP contribution >= 0.6 is 35.8 Å². The highest BCUT2D eigenvalue weighted by atomic mass is 35.5. The quantitative estimate of drug-likeness (QED) is 0.826. The number of nitrogens with one attached hydrogen (secondary N) is 1. The van der Waals surface area contributed by atoms with Gasteiger partial charge in [0.2, 0.25) is 5.89 Å². The van der Waals surface area contributed by atoms with Crippen LogP contribution in [-0.2, 0) is 17.9 Å². The van der Waals surface area contributed by atoms with E-state index in [0.29, 0.717) is 11.9 Å². The van der Waals surface area contributed by atoms with Crippen molar-refractivity contribution in [1.82, 2.24) is 15.5 Å². The van der Waals surface area contributed by atoms with Crippen LogP contribution in [0, 0.1) is 0 Å². The molecule has 4 nitrogen and oxygen atoms in total. The normalized spacial score (nSPS) is 12.0. The van der Waals surface area contributed by atoms with Gasteiger partial charge in [0.1, 0.15) is 0 Å². The van der Waals surface area contributed by atoms with E-state index in [-0.39, 0.29) is 12.4 Å². The molecule has 0 amide bonds. The van der Waals surface area contributed by atoms with Gasteiger partial charge in [-0.25, -0.2) is 0 Å². The van der Waals surface area contributed by atoms with Crippen LogP contribution < -0.4 is 5.32 Å². The van der Waals surface area contributed by atoms with Gasteiger partial charge in [-0.3, -0.25) is 0 Å². The molecule has 0 aliphatic heterocycles. The van der Waals surface area contributed by atoms with E-state index in [2.05, 4.69) is 22.4 Å². The molecule has 1 atom stereocenters. The van der Waals surface area contributed by atoms with Gasteiger partial charge < -0.3 is 9.84 Å². The Labute approximate surface area is 140 Å². The lowest BCUT2D eigenvalue weighted by molar-refractivity contribution is 0.382. The molecule has 0 fully saturated rings. The van der Waals surface area contributed by atoms with E-state index in [1.54, 1.807) is 11.8 Å². The fraction of sp³-hybridized carbons (Fsp3) is 0.429. The van der Waals surface area contributed by atoms with Crippen molar-refractivity contribution in [2.45, 2.75) is 30.9 Å². The van der Waals surface area contributed by atoms with Crippen molar-refractivity contribution in [3.8, 4) is 0 Å². The lowest BCUT2D eigenvalue weighted by atomic mass is 10.2. The summed E-state index contributed by atoms with van der Waals surface area (Å²) in [4.78, 5) is 4.38. The Bertz CT molecular complexity index is 533. The minimum Gasteiger partial charge on any atom is -0.338 e. The third-order valence-electron chi connectivity index (χ3n) is 2.90. The summed E-state index contributed by atoms with van der Waals surface area (Å²) in [5.41, 5.74) is 1.24. The average Bonchev–Trinajstić information content (AvgIpc) is 2.88. The number of hydrogen-bond donors (Lipinski definition) is 1. The number of aromatic nitrogens is 2. The molecular weight excluding hydrogens is 329 g/mol. The van der Waals surface area contributed by atoms with Gasteiger partial charge in [-0.15, -0.1) is 24.2 Å². The van der Waals surface area contributed by atoms with Crippen molar-refractivity contribution in [3.63, 3.8) is 0 Å². The van der Waals surface area contributed by atoms with Crippen LogP contribution in [0.15, 0.2) is 28.8 Å². The predicted molar refractivity (Wildman–Crippen MR) is 90.2 cm³/mol. The molecule has 0 aliphatic carbocycles. The van der Waals surface area contributed by atoms with Gasteiger partial charge in [-0.1, -0.05) is 28.9 Å². The summed E-state index contributed by atoms with van der Waals surface area (Å²) in [5, 5.41) is 7.90. The standard InChI is InChI=1S/C14H18ClN3OS.ClH/c1-10(16-2)7-13-17-14(19-18-13)9-20-8-11-3-5-12(15)6-4-11;/h3-6,10,16H,7-9H2,1-2H3;1H. The zero-order valence-electron chi connectivity index (χ0n) is 12.0. The van der Waals surface area contributed by atoms with E-state index in [1.165, 1.54) is 5.56 Å². The number of likely N-dealkylation sites (N-methyl/N-ethyl adjacent to an activating group) is 1. The van der Waals surface area contributed by atoms with Crippen molar-refractivity contribution in [2.24, 2.45) is 0 Å². The monoisotopic (exact) mass is 347 g/mol. The Morgan fingerprint density at radius 2 is 2.00 bits per heavy atom. The second-order valence-electron chi connectivity index (χ2n) is 4.62. The minimum atomic E-state index is 0. The van der Waals surface area contributed by atoms with E-state index >= 15 is 0 Å². The zero-order valence-corrected chi connectivity index (χ0v) is 14.4. The van der Waals surface area contributed by atoms with Crippen LogP contribution in [0.25, 0.3) is 0 Å². The highest BCUT2D eigenvalue weighted by Crippen LogP contribution is 2.18. The van der Waals surface area contributed by atoms with Crippen LogP contribution in [0.2, 0.25) is 5.02 Å². The van der Waals surface area contributed by atoms with E-state index in [9.17, 15) is 0 Å². The first-order valence-corrected chi connectivity index (χ1v) is 8.01. The van der Waals surface area contributed by atoms with Crippen LogP contribution in [-0.4, -0.2) is 23.2 Å². The number of hydrogen-bond acceptors (Lipinski definition) is 5. The van der Waals surface area contributed by atoms with Gasteiger partial charge in [0.25, 0.3) is 0 Å². The molecule has 0 aliphatic rings. The summed E-state index contributed by atoms with van der Waals surface area (Å²) in [5.74, 6) is 3.07. The molecule has 0 saturated heterocycles. The summed E-state index contributed by atoms with van der Waals surface area (Å²) >= 11 is 7.60. The third kappa shape index (κ3) is 6.26. The highest BCUT2D eigenvalue weighted by molar-refractivity contribution is 7.97.